The lowest BCUT2D eigenvalue weighted by atomic mass is 10.1. The molecule has 0 aliphatic carbocycles. The number of carbonyl (C=O) groups is 2. The van der Waals surface area contributed by atoms with Gasteiger partial charge in [-0.05, 0) is 55.5 Å². The number of sulfonamides is 1. The highest BCUT2D eigenvalue weighted by Crippen LogP contribution is 2.40. The highest BCUT2D eigenvalue weighted by Gasteiger charge is 2.40. The van der Waals surface area contributed by atoms with Crippen molar-refractivity contribution >= 4 is 44.9 Å². The molecule has 1 aliphatic heterocycles. The lowest BCUT2D eigenvalue weighted by Crippen LogP contribution is -2.47. The summed E-state index contributed by atoms with van der Waals surface area (Å²) in [5, 5.41) is 2.60. The summed E-state index contributed by atoms with van der Waals surface area (Å²) in [6.07, 6.45) is -1.27. The number of hydrogen-bond donors (Lipinski definition) is 1. The lowest BCUT2D eigenvalue weighted by Gasteiger charge is -2.34. The zero-order chi connectivity index (χ0) is 28.7. The number of esters is 1. The van der Waals surface area contributed by atoms with E-state index in [0.717, 1.165) is 4.31 Å². The van der Waals surface area contributed by atoms with E-state index in [-0.39, 0.29) is 45.0 Å². The van der Waals surface area contributed by atoms with Gasteiger partial charge in [-0.3, -0.25) is 9.10 Å². The van der Waals surface area contributed by atoms with Gasteiger partial charge in [-0.25, -0.2) is 17.6 Å². The molecule has 0 bridgehead atoms. The van der Waals surface area contributed by atoms with Gasteiger partial charge in [0, 0.05) is 10.6 Å². The summed E-state index contributed by atoms with van der Waals surface area (Å²) < 4.78 is 58.7. The van der Waals surface area contributed by atoms with Crippen molar-refractivity contribution in [3.63, 3.8) is 0 Å². The van der Waals surface area contributed by atoms with Crippen LogP contribution in [-0.4, -0.2) is 46.7 Å². The van der Waals surface area contributed by atoms with Crippen molar-refractivity contribution in [2.75, 3.05) is 29.9 Å². The summed E-state index contributed by atoms with van der Waals surface area (Å²) in [6, 6.07) is 13.7. The van der Waals surface area contributed by atoms with Crippen molar-refractivity contribution in [1.82, 2.24) is 0 Å². The topological polar surface area (TPSA) is 111 Å². The number of nitrogens with one attached hydrogen (secondary N) is 1. The lowest BCUT2D eigenvalue weighted by molar-refractivity contribution is -0.151. The molecular formula is C27H28ClFN2O7S. The average Bonchev–Trinajstić information content (AvgIpc) is 2.94. The van der Waals surface area contributed by atoms with Crippen molar-refractivity contribution in [2.24, 2.45) is 0 Å². The first kappa shape index (κ1) is 29.7. The molecule has 12 heteroatoms. The molecular weight excluding hydrogens is 551 g/mol. The van der Waals surface area contributed by atoms with E-state index < -0.39 is 40.4 Å². The first-order chi connectivity index (χ1) is 18.6. The molecule has 3 aromatic rings. The van der Waals surface area contributed by atoms with Crippen LogP contribution < -0.4 is 19.1 Å². The fourth-order valence-corrected chi connectivity index (χ4v) is 5.60. The number of benzene rings is 3. The molecule has 1 amide bonds. The maximum atomic E-state index is 14.0. The monoisotopic (exact) mass is 578 g/mol. The van der Waals surface area contributed by atoms with E-state index in [0.29, 0.717) is 0 Å². The molecule has 1 aliphatic rings. The van der Waals surface area contributed by atoms with Gasteiger partial charge in [-0.15, -0.1) is 0 Å². The molecule has 9 nitrogen and oxygen atoms in total. The number of anilines is 2. The molecule has 1 atom stereocenters. The molecule has 1 N–H and O–H groups in total. The molecule has 0 aromatic heterocycles. The molecule has 0 spiro atoms. The first-order valence-corrected chi connectivity index (χ1v) is 13.9. The fraction of sp³-hybridized carbons (Fsp3) is 0.259. The molecule has 1 heterocycles. The third-order valence-corrected chi connectivity index (χ3v) is 7.49. The predicted octanol–water partition coefficient (Wildman–Crippen LogP) is 5.29. The van der Waals surface area contributed by atoms with Crippen LogP contribution in [0.3, 0.4) is 0 Å². The van der Waals surface area contributed by atoms with E-state index in [1.807, 2.05) is 13.8 Å². The number of methoxy groups -OCH3 is 1. The smallest absolute Gasteiger partial charge is 0.349 e. The van der Waals surface area contributed by atoms with Gasteiger partial charge >= 0.3 is 5.97 Å². The number of halogens is 2. The van der Waals surface area contributed by atoms with Gasteiger partial charge in [0.2, 0.25) is 6.10 Å². The third-order valence-electron chi connectivity index (χ3n) is 5.46. The van der Waals surface area contributed by atoms with Gasteiger partial charge < -0.3 is 19.5 Å². The minimum Gasteiger partial charge on any atom is -0.495 e. The second-order valence-electron chi connectivity index (χ2n) is 7.81. The van der Waals surface area contributed by atoms with Gasteiger partial charge in [0.1, 0.15) is 22.2 Å². The van der Waals surface area contributed by atoms with Crippen LogP contribution in [0.2, 0.25) is 5.02 Å². The van der Waals surface area contributed by atoms with Crippen molar-refractivity contribution < 1.29 is 36.6 Å². The SMILES string of the molecule is CC.CCOC(=O)C1CN(S(=O)(=O)c2cc(Cl)ccc2OC)c2cc(C(=O)Nc3ccccc3F)ccc2O1. The molecule has 39 heavy (non-hydrogen) atoms. The second kappa shape index (κ2) is 12.8. The van der Waals surface area contributed by atoms with Crippen molar-refractivity contribution in [3.8, 4) is 11.5 Å². The maximum Gasteiger partial charge on any atom is 0.349 e. The Morgan fingerprint density at radius 1 is 1.13 bits per heavy atom. The quantitative estimate of drug-likeness (QED) is 0.379. The number of para-hydroxylation sites is 1. The normalized spacial score (nSPS) is 14.2. The summed E-state index contributed by atoms with van der Waals surface area (Å²) in [5.41, 5.74) is -0.0285. The molecule has 4 rings (SSSR count). The third kappa shape index (κ3) is 6.43. The van der Waals surface area contributed by atoms with Crippen LogP contribution >= 0.6 is 11.6 Å². The summed E-state index contributed by atoms with van der Waals surface area (Å²) in [6.45, 7) is 5.23. The minimum atomic E-state index is -4.39. The van der Waals surface area contributed by atoms with E-state index in [1.54, 1.807) is 13.0 Å². The van der Waals surface area contributed by atoms with Crippen molar-refractivity contribution in [3.05, 3.63) is 77.1 Å². The number of rotatable bonds is 7. The van der Waals surface area contributed by atoms with Gasteiger partial charge in [-0.2, -0.15) is 0 Å². The van der Waals surface area contributed by atoms with Gasteiger partial charge in [0.25, 0.3) is 15.9 Å². The van der Waals surface area contributed by atoms with Crippen LogP contribution in [0.1, 0.15) is 31.1 Å². The molecule has 208 valence electrons. The Balaban J connectivity index is 0.00000205. The molecule has 0 saturated heterocycles. The number of hydrogen-bond acceptors (Lipinski definition) is 7. The predicted molar refractivity (Wildman–Crippen MR) is 146 cm³/mol. The molecule has 0 saturated carbocycles. The Morgan fingerprint density at radius 3 is 2.51 bits per heavy atom. The number of carbonyl (C=O) groups excluding carboxylic acids is 2. The fourth-order valence-electron chi connectivity index (χ4n) is 3.71. The number of amides is 1. The van der Waals surface area contributed by atoms with E-state index in [9.17, 15) is 22.4 Å². The van der Waals surface area contributed by atoms with Crippen LogP contribution in [0.5, 0.6) is 11.5 Å². The van der Waals surface area contributed by atoms with Crippen LogP contribution in [0.25, 0.3) is 0 Å². The van der Waals surface area contributed by atoms with Gasteiger partial charge in [0.05, 0.1) is 31.6 Å². The Hall–Kier alpha value is -3.83. The summed E-state index contributed by atoms with van der Waals surface area (Å²) in [5.74, 6) is -2.02. The summed E-state index contributed by atoms with van der Waals surface area (Å²) in [7, 11) is -3.08. The number of nitrogens with zero attached hydrogens (tertiary/aromatic N) is 1. The maximum absolute atomic E-state index is 14.0. The van der Waals surface area contributed by atoms with Crippen LogP contribution in [0.15, 0.2) is 65.6 Å². The molecule has 0 fully saturated rings. The molecule has 1 unspecified atom stereocenters. The highest BCUT2D eigenvalue weighted by atomic mass is 35.5. The van der Waals surface area contributed by atoms with E-state index in [4.69, 9.17) is 25.8 Å². The van der Waals surface area contributed by atoms with Gasteiger partial charge in [0.15, 0.2) is 0 Å². The second-order valence-corrected chi connectivity index (χ2v) is 10.1. The summed E-state index contributed by atoms with van der Waals surface area (Å²) >= 11 is 6.08. The Morgan fingerprint density at radius 2 is 1.85 bits per heavy atom. The Bertz CT molecular complexity index is 1470. The average molecular weight is 579 g/mol. The van der Waals surface area contributed by atoms with Crippen molar-refractivity contribution in [1.29, 1.82) is 0 Å². The standard InChI is InChI=1S/C25H22ClFN2O7S.C2H6/c1-3-35-25(31)22-14-29(37(32,33)23-13-16(26)9-11-21(23)34-2)19-12-15(8-10-20(19)36-22)24(30)28-18-7-5-4-6-17(18)27;1-2/h4-13,22H,3,14H2,1-2H3,(H,28,30);1-2H3. The van der Waals surface area contributed by atoms with Crippen LogP contribution in [0, 0.1) is 5.82 Å². The zero-order valence-electron chi connectivity index (χ0n) is 21.7. The van der Waals surface area contributed by atoms with E-state index >= 15 is 0 Å². The minimum absolute atomic E-state index is 0.0104. The molecule has 0 radical (unpaired) electrons. The zero-order valence-corrected chi connectivity index (χ0v) is 23.3. The highest BCUT2D eigenvalue weighted by molar-refractivity contribution is 7.93. The number of fused-ring (bicyclic) bond motifs is 1. The Kier molecular flexibility index (Phi) is 9.76. The van der Waals surface area contributed by atoms with Gasteiger partial charge in [-0.1, -0.05) is 37.6 Å². The van der Waals surface area contributed by atoms with Crippen LogP contribution in [0.4, 0.5) is 15.8 Å². The molecule has 3 aromatic carbocycles. The van der Waals surface area contributed by atoms with Crippen LogP contribution in [-0.2, 0) is 19.6 Å². The van der Waals surface area contributed by atoms with Crippen molar-refractivity contribution in [2.45, 2.75) is 31.8 Å². The Labute approximate surface area is 231 Å². The first-order valence-electron chi connectivity index (χ1n) is 12.0. The summed E-state index contributed by atoms with van der Waals surface area (Å²) in [4.78, 5) is 25.1. The largest absolute Gasteiger partial charge is 0.495 e. The number of ether oxygens (including phenoxy) is 3. The van der Waals surface area contributed by atoms with E-state index in [2.05, 4.69) is 5.32 Å². The van der Waals surface area contributed by atoms with E-state index in [1.165, 1.54) is 61.7 Å².